The van der Waals surface area contributed by atoms with Crippen LogP contribution in [0.4, 0.5) is 0 Å². The predicted octanol–water partition coefficient (Wildman–Crippen LogP) is 2.87. The molecule has 1 aliphatic rings. The van der Waals surface area contributed by atoms with Crippen LogP contribution in [0.15, 0.2) is 42.5 Å². The highest BCUT2D eigenvalue weighted by Gasteiger charge is 2.22. The molecule has 3 rings (SSSR count). The molecule has 0 fully saturated rings. The topological polar surface area (TPSA) is 69.6 Å². The van der Waals surface area contributed by atoms with Gasteiger partial charge in [0.1, 0.15) is 5.75 Å². The van der Waals surface area contributed by atoms with Crippen LogP contribution in [0.1, 0.15) is 16.8 Å². The summed E-state index contributed by atoms with van der Waals surface area (Å²) in [6.45, 7) is 0.0654. The number of aliphatic hydroxyl groups excluding tert-OH is 1. The molecule has 4 nitrogen and oxygen atoms in total. The van der Waals surface area contributed by atoms with E-state index in [1.165, 1.54) is 6.07 Å². The number of hydrogen-bond donors (Lipinski definition) is 3. The van der Waals surface area contributed by atoms with Crippen molar-refractivity contribution in [3.8, 4) is 5.75 Å². The first kappa shape index (κ1) is 14.9. The lowest BCUT2D eigenvalue weighted by molar-refractivity contribution is 0.0938. The average molecular weight is 318 g/mol. The van der Waals surface area contributed by atoms with Gasteiger partial charge in [0.15, 0.2) is 0 Å². The molecule has 0 heterocycles. The number of hydrogen-bond acceptors (Lipinski definition) is 3. The minimum Gasteiger partial charge on any atom is -0.506 e. The molecule has 0 saturated heterocycles. The number of aliphatic hydroxyl groups is 1. The van der Waals surface area contributed by atoms with Crippen LogP contribution >= 0.6 is 11.6 Å². The van der Waals surface area contributed by atoms with Gasteiger partial charge in [0, 0.05) is 34.4 Å². The molecule has 1 amide bonds. The Hall–Kier alpha value is -2.04. The van der Waals surface area contributed by atoms with E-state index in [0.29, 0.717) is 22.2 Å². The first-order valence-corrected chi connectivity index (χ1v) is 7.48. The number of phenols is 1. The van der Waals surface area contributed by atoms with Crippen molar-refractivity contribution in [3.05, 3.63) is 53.1 Å². The van der Waals surface area contributed by atoms with E-state index in [4.69, 9.17) is 16.7 Å². The molecule has 0 aromatic heterocycles. The summed E-state index contributed by atoms with van der Waals surface area (Å²) in [5, 5.41) is 24.0. The van der Waals surface area contributed by atoms with E-state index in [1.54, 1.807) is 18.2 Å². The van der Waals surface area contributed by atoms with Gasteiger partial charge in [-0.15, -0.1) is 0 Å². The highest BCUT2D eigenvalue weighted by atomic mass is 35.5. The Morgan fingerprint density at radius 2 is 2.00 bits per heavy atom. The van der Waals surface area contributed by atoms with E-state index in [1.807, 2.05) is 18.2 Å². The third-order valence-electron chi connectivity index (χ3n) is 3.93. The van der Waals surface area contributed by atoms with Crippen LogP contribution < -0.4 is 5.32 Å². The SMILES string of the molecule is O=C(N[C@@H]1C=C[C@H](CO)C1)c1cc(Cl)c2ccccc2c1O. The van der Waals surface area contributed by atoms with Crippen LogP contribution in [0.5, 0.6) is 5.75 Å². The van der Waals surface area contributed by atoms with Crippen molar-refractivity contribution in [1.29, 1.82) is 0 Å². The summed E-state index contributed by atoms with van der Waals surface area (Å²) < 4.78 is 0. The van der Waals surface area contributed by atoms with Crippen molar-refractivity contribution in [2.75, 3.05) is 6.61 Å². The van der Waals surface area contributed by atoms with Gasteiger partial charge in [-0.25, -0.2) is 0 Å². The smallest absolute Gasteiger partial charge is 0.255 e. The monoisotopic (exact) mass is 317 g/mol. The Labute approximate surface area is 133 Å². The molecule has 1 aliphatic carbocycles. The molecular formula is C17H16ClNO3. The van der Waals surface area contributed by atoms with E-state index in [0.717, 1.165) is 0 Å². The number of rotatable bonds is 3. The molecule has 2 atom stereocenters. The number of phenolic OH excluding ortho intramolecular Hbond substituents is 1. The summed E-state index contributed by atoms with van der Waals surface area (Å²) in [5.41, 5.74) is 0.157. The van der Waals surface area contributed by atoms with Gasteiger partial charge in [-0.2, -0.15) is 0 Å². The maximum absolute atomic E-state index is 12.4. The second-order valence-corrected chi connectivity index (χ2v) is 5.85. The molecule has 5 heteroatoms. The first-order valence-electron chi connectivity index (χ1n) is 7.10. The van der Waals surface area contributed by atoms with E-state index in [2.05, 4.69) is 5.32 Å². The number of benzene rings is 2. The van der Waals surface area contributed by atoms with Gasteiger partial charge >= 0.3 is 0 Å². The molecule has 0 radical (unpaired) electrons. The lowest BCUT2D eigenvalue weighted by Gasteiger charge is -2.14. The number of aromatic hydroxyl groups is 1. The highest BCUT2D eigenvalue weighted by molar-refractivity contribution is 6.36. The molecule has 0 bridgehead atoms. The molecule has 0 unspecified atom stereocenters. The quantitative estimate of drug-likeness (QED) is 0.762. The third kappa shape index (κ3) is 2.67. The van der Waals surface area contributed by atoms with Crippen LogP contribution in [0, 0.1) is 5.92 Å². The maximum atomic E-state index is 12.4. The zero-order valence-corrected chi connectivity index (χ0v) is 12.5. The van der Waals surface area contributed by atoms with Gasteiger partial charge in [0.25, 0.3) is 5.91 Å². The number of carbonyl (C=O) groups excluding carboxylic acids is 1. The minimum absolute atomic E-state index is 0.0654. The second kappa shape index (κ2) is 5.99. The molecule has 0 aliphatic heterocycles. The first-order chi connectivity index (χ1) is 10.6. The van der Waals surface area contributed by atoms with Crippen molar-refractivity contribution < 1.29 is 15.0 Å². The van der Waals surface area contributed by atoms with Crippen molar-refractivity contribution in [2.24, 2.45) is 5.92 Å². The normalized spacial score (nSPS) is 20.5. The van der Waals surface area contributed by atoms with Gasteiger partial charge in [-0.1, -0.05) is 48.0 Å². The predicted molar refractivity (Wildman–Crippen MR) is 86.2 cm³/mol. The Kier molecular flexibility index (Phi) is 4.05. The second-order valence-electron chi connectivity index (χ2n) is 5.44. The Morgan fingerprint density at radius 3 is 2.68 bits per heavy atom. The number of fused-ring (bicyclic) bond motifs is 1. The minimum atomic E-state index is -0.376. The third-order valence-corrected chi connectivity index (χ3v) is 4.25. The Bertz CT molecular complexity index is 757. The lowest BCUT2D eigenvalue weighted by atomic mass is 10.0. The zero-order valence-electron chi connectivity index (χ0n) is 11.8. The number of carbonyl (C=O) groups is 1. The maximum Gasteiger partial charge on any atom is 0.255 e. The fourth-order valence-electron chi connectivity index (χ4n) is 2.75. The molecule has 114 valence electrons. The highest BCUT2D eigenvalue weighted by Crippen LogP contribution is 2.34. The summed E-state index contributed by atoms with van der Waals surface area (Å²) in [4.78, 5) is 12.4. The van der Waals surface area contributed by atoms with Crippen LogP contribution in [-0.2, 0) is 0 Å². The number of nitrogens with one attached hydrogen (secondary N) is 1. The molecule has 0 spiro atoms. The van der Waals surface area contributed by atoms with E-state index < -0.39 is 0 Å². The van der Waals surface area contributed by atoms with Crippen molar-refractivity contribution in [1.82, 2.24) is 5.32 Å². The van der Waals surface area contributed by atoms with Crippen LogP contribution in [0.25, 0.3) is 10.8 Å². The molecule has 22 heavy (non-hydrogen) atoms. The van der Waals surface area contributed by atoms with Gasteiger partial charge < -0.3 is 15.5 Å². The van der Waals surface area contributed by atoms with Crippen molar-refractivity contribution in [2.45, 2.75) is 12.5 Å². The Morgan fingerprint density at radius 1 is 1.27 bits per heavy atom. The molecule has 2 aromatic rings. The van der Waals surface area contributed by atoms with Gasteiger partial charge in [0.05, 0.1) is 5.56 Å². The van der Waals surface area contributed by atoms with Crippen LogP contribution in [0.2, 0.25) is 5.02 Å². The number of halogens is 1. The van der Waals surface area contributed by atoms with Crippen molar-refractivity contribution in [3.63, 3.8) is 0 Å². The molecular weight excluding hydrogens is 302 g/mol. The molecule has 2 aromatic carbocycles. The van der Waals surface area contributed by atoms with E-state index in [9.17, 15) is 9.90 Å². The average Bonchev–Trinajstić information content (AvgIpc) is 2.98. The standard InChI is InChI=1S/C17H16ClNO3/c18-15-8-14(16(21)13-4-2-1-3-12(13)15)17(22)19-11-6-5-10(7-11)9-20/h1-6,8,10-11,20-21H,7,9H2,(H,19,22)/t10-,11+/m0/s1. The zero-order chi connectivity index (χ0) is 15.7. The van der Waals surface area contributed by atoms with Gasteiger partial charge in [-0.3, -0.25) is 4.79 Å². The lowest BCUT2D eigenvalue weighted by Crippen LogP contribution is -2.33. The summed E-state index contributed by atoms with van der Waals surface area (Å²) in [5.74, 6) is -0.379. The van der Waals surface area contributed by atoms with Gasteiger partial charge in [-0.05, 0) is 12.5 Å². The van der Waals surface area contributed by atoms with Gasteiger partial charge in [0.2, 0.25) is 0 Å². The Balaban J connectivity index is 1.89. The summed E-state index contributed by atoms with van der Waals surface area (Å²) >= 11 is 6.20. The number of amides is 1. The summed E-state index contributed by atoms with van der Waals surface area (Å²) in [7, 11) is 0. The molecule has 0 saturated carbocycles. The van der Waals surface area contributed by atoms with Crippen LogP contribution in [-0.4, -0.2) is 28.8 Å². The van der Waals surface area contributed by atoms with Crippen molar-refractivity contribution >= 4 is 28.3 Å². The van der Waals surface area contributed by atoms with E-state index >= 15 is 0 Å². The largest absolute Gasteiger partial charge is 0.506 e. The fourth-order valence-corrected chi connectivity index (χ4v) is 3.03. The fraction of sp³-hybridized carbons (Fsp3) is 0.235. The summed E-state index contributed by atoms with van der Waals surface area (Å²) in [6.07, 6.45) is 4.40. The van der Waals surface area contributed by atoms with E-state index in [-0.39, 0.29) is 35.8 Å². The molecule has 3 N–H and O–H groups in total. The summed E-state index contributed by atoms with van der Waals surface area (Å²) in [6, 6.07) is 8.47. The van der Waals surface area contributed by atoms with Crippen LogP contribution in [0.3, 0.4) is 0 Å².